The van der Waals surface area contributed by atoms with E-state index in [1.807, 2.05) is 0 Å². The number of benzene rings is 1. The molecule has 3 N–H and O–H groups in total. The molecule has 0 spiro atoms. The largest absolute Gasteiger partial charge is 0.871 e. The van der Waals surface area contributed by atoms with Crippen LogP contribution in [0.1, 0.15) is 32.5 Å². The average molecular weight is 384 g/mol. The Morgan fingerprint density at radius 1 is 1.33 bits per heavy atom. The summed E-state index contributed by atoms with van der Waals surface area (Å²) >= 11 is 13.5. The summed E-state index contributed by atoms with van der Waals surface area (Å²) in [6, 6.07) is 2.96. The number of nitrogens with one attached hydrogen (secondary N) is 3. The van der Waals surface area contributed by atoms with E-state index in [4.69, 9.17) is 23.2 Å². The molecule has 126 valence electrons. The minimum absolute atomic E-state index is 0.0510. The van der Waals surface area contributed by atoms with Crippen molar-refractivity contribution in [2.45, 2.75) is 19.1 Å². The highest BCUT2D eigenvalue weighted by molar-refractivity contribution is 7.16. The fraction of sp³-hybridized carbons (Fsp3) is 0.312. The van der Waals surface area contributed by atoms with E-state index in [2.05, 4.69) is 17.7 Å². The van der Waals surface area contributed by atoms with E-state index in [9.17, 15) is 9.90 Å². The third-order valence-corrected chi connectivity index (χ3v) is 6.14. The van der Waals surface area contributed by atoms with E-state index in [1.54, 1.807) is 17.4 Å². The highest BCUT2D eigenvalue weighted by Gasteiger charge is 2.34. The molecule has 2 aliphatic rings. The minimum atomic E-state index is -0.626. The van der Waals surface area contributed by atoms with Gasteiger partial charge >= 0.3 is 0 Å². The monoisotopic (exact) mass is 383 g/mol. The molecule has 0 radical (unpaired) electrons. The SMILES string of the molecule is C[NH+]1CCc2c(sc3c2C(=O)NC(c2cc(Cl)cc(Cl)c2[O-])N3)C1. The molecule has 2 atom stereocenters. The standard InChI is InChI=1S/C16H15Cl2N3O2S/c1-21-3-2-8-11(6-21)24-16-12(8)15(23)19-14(20-16)9-4-7(17)5-10(18)13(9)22/h4-5,14,20,22H,2-3,6H2,1H3,(H,19,23). The predicted octanol–water partition coefficient (Wildman–Crippen LogP) is 1.55. The van der Waals surface area contributed by atoms with Crippen molar-refractivity contribution in [3.63, 3.8) is 0 Å². The second-order valence-corrected chi connectivity index (χ2v) is 8.15. The fourth-order valence-corrected chi connectivity index (χ4v) is 5.18. The molecule has 8 heteroatoms. The number of rotatable bonds is 1. The van der Waals surface area contributed by atoms with E-state index < -0.39 is 6.17 Å². The Morgan fingerprint density at radius 2 is 2.12 bits per heavy atom. The van der Waals surface area contributed by atoms with Crippen molar-refractivity contribution in [3.8, 4) is 5.75 Å². The van der Waals surface area contributed by atoms with Gasteiger partial charge in [-0.25, -0.2) is 0 Å². The van der Waals surface area contributed by atoms with Gasteiger partial charge in [0.25, 0.3) is 5.91 Å². The second-order valence-electron chi connectivity index (χ2n) is 6.20. The highest BCUT2D eigenvalue weighted by atomic mass is 35.5. The van der Waals surface area contributed by atoms with Crippen molar-refractivity contribution in [1.82, 2.24) is 5.32 Å². The summed E-state index contributed by atoms with van der Waals surface area (Å²) in [7, 11) is 2.15. The molecule has 24 heavy (non-hydrogen) atoms. The number of thiophene rings is 1. The van der Waals surface area contributed by atoms with Crippen LogP contribution < -0.4 is 20.6 Å². The lowest BCUT2D eigenvalue weighted by atomic mass is 10.0. The lowest BCUT2D eigenvalue weighted by molar-refractivity contribution is -0.895. The summed E-state index contributed by atoms with van der Waals surface area (Å²) in [4.78, 5) is 15.3. The van der Waals surface area contributed by atoms with Crippen LogP contribution in [-0.2, 0) is 13.0 Å². The second kappa shape index (κ2) is 5.81. The summed E-state index contributed by atoms with van der Waals surface area (Å²) in [5, 5.41) is 19.7. The number of amides is 1. The van der Waals surface area contributed by atoms with Crippen molar-refractivity contribution in [2.24, 2.45) is 0 Å². The molecule has 1 amide bonds. The Labute approximate surface area is 153 Å². The summed E-state index contributed by atoms with van der Waals surface area (Å²) < 4.78 is 0. The summed E-state index contributed by atoms with van der Waals surface area (Å²) in [5.41, 5.74) is 2.20. The number of hydrogen-bond donors (Lipinski definition) is 3. The molecule has 2 unspecified atom stereocenters. The maximum atomic E-state index is 12.6. The number of quaternary nitrogens is 1. The average Bonchev–Trinajstić information content (AvgIpc) is 2.88. The van der Waals surface area contributed by atoms with Gasteiger partial charge in [-0.05, 0) is 23.3 Å². The number of carbonyl (C=O) groups is 1. The molecule has 5 nitrogen and oxygen atoms in total. The topological polar surface area (TPSA) is 68.6 Å². The molecule has 3 heterocycles. The first-order chi connectivity index (χ1) is 11.4. The third-order valence-electron chi connectivity index (χ3n) is 4.48. The van der Waals surface area contributed by atoms with E-state index >= 15 is 0 Å². The molecule has 1 aromatic carbocycles. The van der Waals surface area contributed by atoms with Crippen LogP contribution in [0, 0.1) is 0 Å². The van der Waals surface area contributed by atoms with Crippen LogP contribution >= 0.6 is 34.5 Å². The Hall–Kier alpha value is -1.47. The van der Waals surface area contributed by atoms with Gasteiger partial charge < -0.3 is 20.6 Å². The van der Waals surface area contributed by atoms with Crippen molar-refractivity contribution >= 4 is 45.4 Å². The van der Waals surface area contributed by atoms with Crippen molar-refractivity contribution < 1.29 is 14.8 Å². The summed E-state index contributed by atoms with van der Waals surface area (Å²) in [5.74, 6) is -0.478. The lowest BCUT2D eigenvalue weighted by Crippen LogP contribution is -3.08. The fourth-order valence-electron chi connectivity index (χ4n) is 3.28. The molecule has 2 aromatic rings. The zero-order valence-electron chi connectivity index (χ0n) is 12.8. The highest BCUT2D eigenvalue weighted by Crippen LogP contribution is 2.41. The molecule has 2 aliphatic heterocycles. The van der Waals surface area contributed by atoms with Crippen LogP contribution in [0.3, 0.4) is 0 Å². The first-order valence-electron chi connectivity index (χ1n) is 7.63. The molecule has 0 aliphatic carbocycles. The Bertz CT molecular complexity index is 852. The summed E-state index contributed by atoms with van der Waals surface area (Å²) in [6.45, 7) is 1.93. The first kappa shape index (κ1) is 16.0. The van der Waals surface area contributed by atoms with Gasteiger partial charge in [-0.3, -0.25) is 4.79 Å². The molecule has 4 rings (SSSR count). The van der Waals surface area contributed by atoms with Gasteiger partial charge in [0.1, 0.15) is 17.7 Å². The number of carbonyl (C=O) groups excluding carboxylic acids is 1. The van der Waals surface area contributed by atoms with Gasteiger partial charge in [0.15, 0.2) is 0 Å². The van der Waals surface area contributed by atoms with E-state index in [-0.39, 0.29) is 16.7 Å². The predicted molar refractivity (Wildman–Crippen MR) is 93.2 cm³/mol. The van der Waals surface area contributed by atoms with E-state index in [1.165, 1.54) is 15.8 Å². The Balaban J connectivity index is 1.74. The van der Waals surface area contributed by atoms with Crippen LogP contribution in [0.2, 0.25) is 10.0 Å². The molecular weight excluding hydrogens is 369 g/mol. The van der Waals surface area contributed by atoms with Gasteiger partial charge in [-0.1, -0.05) is 29.0 Å². The Morgan fingerprint density at radius 3 is 2.92 bits per heavy atom. The van der Waals surface area contributed by atoms with Crippen molar-refractivity contribution in [2.75, 3.05) is 18.9 Å². The van der Waals surface area contributed by atoms with Crippen LogP contribution in [0.5, 0.6) is 5.75 Å². The third kappa shape index (κ3) is 2.54. The van der Waals surface area contributed by atoms with Crippen molar-refractivity contribution in [3.05, 3.63) is 43.7 Å². The van der Waals surface area contributed by atoms with Crippen LogP contribution in [0.15, 0.2) is 12.1 Å². The molecule has 1 aromatic heterocycles. The van der Waals surface area contributed by atoms with Crippen LogP contribution in [0.4, 0.5) is 5.00 Å². The maximum absolute atomic E-state index is 12.6. The number of fused-ring (bicyclic) bond motifs is 3. The summed E-state index contributed by atoms with van der Waals surface area (Å²) in [6.07, 6.45) is 0.265. The number of likely N-dealkylation sites (N-methyl/N-ethyl adjacent to an activating group) is 1. The van der Waals surface area contributed by atoms with Crippen LogP contribution in [0.25, 0.3) is 0 Å². The molecular formula is C16H15Cl2N3O2S. The normalized spacial score (nSPS) is 22.4. The van der Waals surface area contributed by atoms with Gasteiger partial charge in [-0.15, -0.1) is 11.3 Å². The van der Waals surface area contributed by atoms with E-state index in [0.717, 1.165) is 35.6 Å². The molecule has 0 saturated heterocycles. The zero-order valence-corrected chi connectivity index (χ0v) is 15.2. The minimum Gasteiger partial charge on any atom is -0.871 e. The zero-order chi connectivity index (χ0) is 17.0. The molecule has 0 fully saturated rings. The van der Waals surface area contributed by atoms with Crippen molar-refractivity contribution in [1.29, 1.82) is 0 Å². The number of hydrogen-bond acceptors (Lipinski definition) is 4. The molecule has 0 saturated carbocycles. The van der Waals surface area contributed by atoms with Gasteiger partial charge in [0.05, 0.1) is 24.0 Å². The van der Waals surface area contributed by atoms with E-state index in [0.29, 0.717) is 10.6 Å². The smallest absolute Gasteiger partial charge is 0.256 e. The number of anilines is 1. The van der Waals surface area contributed by atoms with Gasteiger partial charge in [0.2, 0.25) is 0 Å². The lowest BCUT2D eigenvalue weighted by Gasteiger charge is -2.30. The van der Waals surface area contributed by atoms with Crippen LogP contribution in [-0.4, -0.2) is 19.5 Å². The van der Waals surface area contributed by atoms with Gasteiger partial charge in [-0.2, -0.15) is 0 Å². The Kier molecular flexibility index (Phi) is 3.88. The quantitative estimate of drug-likeness (QED) is 0.699. The number of halogens is 2. The first-order valence-corrected chi connectivity index (χ1v) is 9.20. The van der Waals surface area contributed by atoms with Gasteiger partial charge in [0, 0.05) is 16.5 Å². The molecule has 0 bridgehead atoms. The maximum Gasteiger partial charge on any atom is 0.256 e.